The molecule has 0 saturated heterocycles. The lowest BCUT2D eigenvalue weighted by molar-refractivity contribution is 0.121. The zero-order valence-corrected chi connectivity index (χ0v) is 12.5. The van der Waals surface area contributed by atoms with Gasteiger partial charge in [0.2, 0.25) is 0 Å². The van der Waals surface area contributed by atoms with Crippen LogP contribution in [0.25, 0.3) is 16.8 Å². The first-order chi connectivity index (χ1) is 10.2. The van der Waals surface area contributed by atoms with Gasteiger partial charge < -0.3 is 4.90 Å². The van der Waals surface area contributed by atoms with Gasteiger partial charge in [-0.05, 0) is 36.9 Å². The van der Waals surface area contributed by atoms with Crippen LogP contribution in [0, 0.1) is 0 Å². The second-order valence-corrected chi connectivity index (χ2v) is 5.51. The summed E-state index contributed by atoms with van der Waals surface area (Å²) in [4.78, 5) is 7.39. The zero-order valence-electron chi connectivity index (χ0n) is 12.5. The van der Waals surface area contributed by atoms with E-state index in [0.717, 1.165) is 12.2 Å². The van der Waals surface area contributed by atoms with Crippen molar-refractivity contribution in [2.24, 2.45) is 0 Å². The molecule has 0 amide bonds. The van der Waals surface area contributed by atoms with Crippen molar-refractivity contribution in [3.63, 3.8) is 0 Å². The van der Waals surface area contributed by atoms with Crippen molar-refractivity contribution in [1.82, 2.24) is 10.4 Å². The molecule has 0 radical (unpaired) electrons. The molecular weight excluding hydrogens is 260 g/mol. The Hall–Kier alpha value is -2.10. The van der Waals surface area contributed by atoms with Gasteiger partial charge in [-0.1, -0.05) is 48.5 Å². The van der Waals surface area contributed by atoms with E-state index in [0.29, 0.717) is 6.61 Å². The second-order valence-electron chi connectivity index (χ2n) is 5.51. The first-order valence-corrected chi connectivity index (χ1v) is 7.15. The van der Waals surface area contributed by atoms with Gasteiger partial charge >= 0.3 is 0 Å². The molecule has 0 bridgehead atoms. The third-order valence-corrected chi connectivity index (χ3v) is 3.53. The minimum absolute atomic E-state index is 0.617. The standard InChI is InChI=1S/C18H20N2O/c1-20(2)13-14-7-9-15(10-8-14)16-5-3-4-6-17(16)18-11-12-21-19-18/h3-11,19H,12-13H2,1-2H3. The maximum atomic E-state index is 5.22. The van der Waals surface area contributed by atoms with E-state index in [-0.39, 0.29) is 0 Å². The van der Waals surface area contributed by atoms with Crippen LogP contribution in [0.3, 0.4) is 0 Å². The Bertz CT molecular complexity index is 645. The van der Waals surface area contributed by atoms with Gasteiger partial charge in [-0.3, -0.25) is 10.3 Å². The van der Waals surface area contributed by atoms with Crippen molar-refractivity contribution < 1.29 is 4.84 Å². The van der Waals surface area contributed by atoms with Gasteiger partial charge in [0, 0.05) is 12.1 Å². The number of nitrogens with zero attached hydrogens (tertiary/aromatic N) is 1. The van der Waals surface area contributed by atoms with E-state index in [9.17, 15) is 0 Å². The van der Waals surface area contributed by atoms with E-state index in [1.54, 1.807) is 0 Å². The summed E-state index contributed by atoms with van der Waals surface area (Å²) in [6.07, 6.45) is 2.07. The molecule has 21 heavy (non-hydrogen) atoms. The average Bonchev–Trinajstić information content (AvgIpc) is 3.02. The van der Waals surface area contributed by atoms with E-state index in [1.807, 2.05) is 0 Å². The molecule has 1 aliphatic heterocycles. The molecule has 0 unspecified atom stereocenters. The van der Waals surface area contributed by atoms with Crippen LogP contribution in [0.15, 0.2) is 54.6 Å². The zero-order chi connectivity index (χ0) is 14.7. The highest BCUT2D eigenvalue weighted by Gasteiger charge is 2.12. The number of hydrogen-bond acceptors (Lipinski definition) is 3. The largest absolute Gasteiger partial charge is 0.305 e. The quantitative estimate of drug-likeness (QED) is 0.930. The fourth-order valence-electron chi connectivity index (χ4n) is 2.58. The summed E-state index contributed by atoms with van der Waals surface area (Å²) >= 11 is 0. The summed E-state index contributed by atoms with van der Waals surface area (Å²) in [6, 6.07) is 17.2. The topological polar surface area (TPSA) is 24.5 Å². The Labute approximate surface area is 125 Å². The van der Waals surface area contributed by atoms with E-state index in [2.05, 4.69) is 79.1 Å². The lowest BCUT2D eigenvalue weighted by Gasteiger charge is -2.13. The van der Waals surface area contributed by atoms with Gasteiger partial charge in [0.1, 0.15) is 0 Å². The van der Waals surface area contributed by atoms with Crippen molar-refractivity contribution in [3.8, 4) is 11.1 Å². The number of benzene rings is 2. The fourth-order valence-corrected chi connectivity index (χ4v) is 2.58. The van der Waals surface area contributed by atoms with Gasteiger partial charge in [0.05, 0.1) is 12.3 Å². The van der Waals surface area contributed by atoms with Crippen LogP contribution in [0.2, 0.25) is 0 Å². The summed E-state index contributed by atoms with van der Waals surface area (Å²) in [5.74, 6) is 0. The van der Waals surface area contributed by atoms with Crippen molar-refractivity contribution in [2.75, 3.05) is 20.7 Å². The third-order valence-electron chi connectivity index (χ3n) is 3.53. The van der Waals surface area contributed by atoms with Gasteiger partial charge in [-0.2, -0.15) is 0 Å². The van der Waals surface area contributed by atoms with E-state index < -0.39 is 0 Å². The van der Waals surface area contributed by atoms with Crippen LogP contribution in [0.5, 0.6) is 0 Å². The van der Waals surface area contributed by atoms with Crippen molar-refractivity contribution >= 4 is 5.70 Å². The number of hydrogen-bond donors (Lipinski definition) is 1. The van der Waals surface area contributed by atoms with Crippen molar-refractivity contribution in [2.45, 2.75) is 6.54 Å². The monoisotopic (exact) mass is 280 g/mol. The minimum Gasteiger partial charge on any atom is -0.305 e. The first-order valence-electron chi connectivity index (χ1n) is 7.15. The first kappa shape index (κ1) is 13.9. The summed E-state index contributed by atoms with van der Waals surface area (Å²) < 4.78 is 0. The maximum absolute atomic E-state index is 5.22. The molecule has 0 fully saturated rings. The van der Waals surface area contributed by atoms with E-state index in [4.69, 9.17) is 4.84 Å². The Balaban J connectivity index is 1.93. The van der Waals surface area contributed by atoms with Crippen molar-refractivity contribution in [3.05, 3.63) is 65.7 Å². The molecule has 1 N–H and O–H groups in total. The molecule has 0 aromatic heterocycles. The molecule has 3 rings (SSSR count). The van der Waals surface area contributed by atoms with Crippen LogP contribution < -0.4 is 5.48 Å². The Kier molecular flexibility index (Phi) is 4.04. The summed E-state index contributed by atoms with van der Waals surface area (Å²) in [5, 5.41) is 0. The molecule has 1 aliphatic rings. The van der Waals surface area contributed by atoms with Crippen LogP contribution in [0.1, 0.15) is 11.1 Å². The van der Waals surface area contributed by atoms with Crippen LogP contribution >= 0.6 is 0 Å². The molecule has 2 aromatic carbocycles. The molecule has 1 heterocycles. The number of hydroxylamine groups is 1. The van der Waals surface area contributed by atoms with Gasteiger partial charge in [0.15, 0.2) is 0 Å². The van der Waals surface area contributed by atoms with Gasteiger partial charge in [-0.15, -0.1) is 0 Å². The molecule has 0 aliphatic carbocycles. The van der Waals surface area contributed by atoms with Gasteiger partial charge in [0.25, 0.3) is 0 Å². The van der Waals surface area contributed by atoms with Crippen LogP contribution in [0.4, 0.5) is 0 Å². The highest BCUT2D eigenvalue weighted by molar-refractivity contribution is 5.80. The molecular formula is C18H20N2O. The van der Waals surface area contributed by atoms with Gasteiger partial charge in [-0.25, -0.2) is 0 Å². The van der Waals surface area contributed by atoms with Crippen LogP contribution in [-0.4, -0.2) is 25.6 Å². The molecule has 0 spiro atoms. The maximum Gasteiger partial charge on any atom is 0.0951 e. The average molecular weight is 280 g/mol. The second kappa shape index (κ2) is 6.12. The molecule has 0 atom stereocenters. The summed E-state index contributed by atoms with van der Waals surface area (Å²) in [7, 11) is 4.17. The molecule has 0 saturated carbocycles. The number of rotatable bonds is 4. The Morgan fingerprint density at radius 1 is 1.00 bits per heavy atom. The Morgan fingerprint density at radius 3 is 2.33 bits per heavy atom. The predicted molar refractivity (Wildman–Crippen MR) is 86.3 cm³/mol. The molecule has 3 heteroatoms. The van der Waals surface area contributed by atoms with Crippen molar-refractivity contribution in [1.29, 1.82) is 0 Å². The lowest BCUT2D eigenvalue weighted by atomic mass is 9.97. The summed E-state index contributed by atoms with van der Waals surface area (Å²) in [6.45, 7) is 1.58. The van der Waals surface area contributed by atoms with E-state index in [1.165, 1.54) is 22.3 Å². The highest BCUT2D eigenvalue weighted by Crippen LogP contribution is 2.29. The number of nitrogens with one attached hydrogen (secondary N) is 1. The normalized spacial score (nSPS) is 14.1. The van der Waals surface area contributed by atoms with Crippen LogP contribution in [-0.2, 0) is 11.4 Å². The molecule has 3 nitrogen and oxygen atoms in total. The molecule has 2 aromatic rings. The fraction of sp³-hybridized carbons (Fsp3) is 0.222. The third kappa shape index (κ3) is 3.15. The predicted octanol–water partition coefficient (Wildman–Crippen LogP) is 3.29. The smallest absolute Gasteiger partial charge is 0.0951 e. The molecule has 108 valence electrons. The summed E-state index contributed by atoms with van der Waals surface area (Å²) in [5.41, 5.74) is 8.96. The lowest BCUT2D eigenvalue weighted by Crippen LogP contribution is -2.10. The Morgan fingerprint density at radius 2 is 1.71 bits per heavy atom. The van der Waals surface area contributed by atoms with E-state index >= 15 is 0 Å². The highest BCUT2D eigenvalue weighted by atomic mass is 16.6. The minimum atomic E-state index is 0.617. The SMILES string of the molecule is CN(C)Cc1ccc(-c2ccccc2C2=CCON2)cc1.